The fourth-order valence-electron chi connectivity index (χ4n) is 4.04. The van der Waals surface area contributed by atoms with Crippen molar-refractivity contribution < 1.29 is 9.59 Å². The van der Waals surface area contributed by atoms with Gasteiger partial charge >= 0.3 is 0 Å². The highest BCUT2D eigenvalue weighted by molar-refractivity contribution is 6.23. The number of nitrogens with one attached hydrogen (secondary N) is 1. The monoisotopic (exact) mass is 467 g/mol. The molecule has 4 rings (SSSR count). The normalized spacial score (nSPS) is 13.4. The summed E-state index contributed by atoms with van der Waals surface area (Å²) in [6.45, 7) is 6.86. The van der Waals surface area contributed by atoms with E-state index < -0.39 is 0 Å². The van der Waals surface area contributed by atoms with Crippen LogP contribution in [0.4, 0.5) is 17.3 Å². The van der Waals surface area contributed by atoms with Gasteiger partial charge in [-0.2, -0.15) is 0 Å². The van der Waals surface area contributed by atoms with Crippen LogP contribution in [0.3, 0.4) is 0 Å². The lowest BCUT2D eigenvalue weighted by Crippen LogP contribution is -2.35. The van der Waals surface area contributed by atoms with Crippen molar-refractivity contribution in [1.29, 1.82) is 0 Å². The van der Waals surface area contributed by atoms with Gasteiger partial charge in [0.25, 0.3) is 0 Å². The van der Waals surface area contributed by atoms with E-state index in [1.165, 1.54) is 6.08 Å². The molecule has 1 aliphatic carbocycles. The van der Waals surface area contributed by atoms with Gasteiger partial charge in [0.1, 0.15) is 0 Å². The molecule has 1 amide bonds. The Kier molecular flexibility index (Phi) is 7.17. The number of likely N-dealkylation sites (N-methyl/N-ethyl adjacent to an activating group) is 1. The van der Waals surface area contributed by atoms with Gasteiger partial charge in [0.2, 0.25) is 11.9 Å². The molecule has 0 saturated carbocycles. The van der Waals surface area contributed by atoms with Gasteiger partial charge < -0.3 is 15.1 Å². The zero-order chi connectivity index (χ0) is 24.9. The number of hydrogen-bond donors (Lipinski definition) is 1. The number of carbonyl (C=O) groups excluding carboxylic acids is 2. The molecule has 0 spiro atoms. The van der Waals surface area contributed by atoms with Crippen molar-refractivity contribution in [1.82, 2.24) is 14.9 Å². The average Bonchev–Trinajstić information content (AvgIpc) is 2.84. The number of allylic oxidation sites excluding steroid dienone is 4. The molecule has 0 radical (unpaired) electrons. The second-order valence-electron chi connectivity index (χ2n) is 8.73. The molecular formula is C28H29N5O2. The number of fused-ring (bicyclic) bond motifs is 1. The first-order valence-electron chi connectivity index (χ1n) is 11.5. The zero-order valence-corrected chi connectivity index (χ0v) is 20.3. The zero-order valence-electron chi connectivity index (χ0n) is 20.3. The number of carbonyl (C=O) groups is 2. The highest BCUT2D eigenvalue weighted by Crippen LogP contribution is 2.28. The van der Waals surface area contributed by atoms with Gasteiger partial charge in [-0.05, 0) is 68.6 Å². The fraction of sp³-hybridized carbons (Fsp3) is 0.214. The smallest absolute Gasteiger partial charge is 0.250 e. The standard InChI is InChI=1S/C28H29N5O2/c1-5-26(35)33(15-14-32(3)4)23-10-7-9-22(17-23)30-28-29-18-21-16-20(12-13-24(21)31-28)27-19(2)8-6-11-25(27)34/h5-10,12-13,16-18H,1,11,14-15H2,2-4H3,(H,29,30,31). The number of aromatic nitrogens is 2. The van der Waals surface area contributed by atoms with Crippen LogP contribution in [-0.2, 0) is 9.59 Å². The SMILES string of the molecule is C=CC(=O)N(CCN(C)C)c1cccc(Nc2ncc3cc(C4=C(C)C=CCC4=O)ccc3n2)c1. The quantitative estimate of drug-likeness (QED) is 0.482. The third-order valence-corrected chi connectivity index (χ3v) is 5.84. The van der Waals surface area contributed by atoms with E-state index in [-0.39, 0.29) is 11.7 Å². The predicted molar refractivity (Wildman–Crippen MR) is 142 cm³/mol. The third-order valence-electron chi connectivity index (χ3n) is 5.84. The minimum absolute atomic E-state index is 0.123. The van der Waals surface area contributed by atoms with Crippen LogP contribution in [0.5, 0.6) is 0 Å². The van der Waals surface area contributed by atoms with Gasteiger partial charge in [-0.15, -0.1) is 0 Å². The summed E-state index contributed by atoms with van der Waals surface area (Å²) in [4.78, 5) is 37.7. The van der Waals surface area contributed by atoms with Crippen LogP contribution < -0.4 is 10.2 Å². The number of amides is 1. The van der Waals surface area contributed by atoms with Crippen LogP contribution in [0.1, 0.15) is 18.9 Å². The average molecular weight is 468 g/mol. The van der Waals surface area contributed by atoms with Crippen molar-refractivity contribution in [2.45, 2.75) is 13.3 Å². The first-order chi connectivity index (χ1) is 16.9. The molecule has 7 nitrogen and oxygen atoms in total. The number of nitrogens with zero attached hydrogens (tertiary/aromatic N) is 4. The maximum atomic E-state index is 12.4. The maximum Gasteiger partial charge on any atom is 0.250 e. The van der Waals surface area contributed by atoms with Crippen molar-refractivity contribution in [3.8, 4) is 0 Å². The molecule has 1 N–H and O–H groups in total. The van der Waals surface area contributed by atoms with Gasteiger partial charge in [0.15, 0.2) is 5.78 Å². The molecule has 0 atom stereocenters. The Labute approximate surface area is 205 Å². The van der Waals surface area contributed by atoms with Gasteiger partial charge in [0.05, 0.1) is 5.52 Å². The molecule has 2 aromatic carbocycles. The Morgan fingerprint density at radius 2 is 2.00 bits per heavy atom. The van der Waals surface area contributed by atoms with E-state index in [2.05, 4.69) is 21.9 Å². The van der Waals surface area contributed by atoms with Crippen molar-refractivity contribution in [2.24, 2.45) is 0 Å². The Morgan fingerprint density at radius 3 is 2.74 bits per heavy atom. The summed E-state index contributed by atoms with van der Waals surface area (Å²) in [6, 6.07) is 13.4. The summed E-state index contributed by atoms with van der Waals surface area (Å²) in [7, 11) is 3.94. The molecule has 35 heavy (non-hydrogen) atoms. The second kappa shape index (κ2) is 10.4. The number of Topliss-reactive ketones (excluding diaryl/α,β-unsaturated/α-hetero) is 1. The Hall–Kier alpha value is -4.10. The molecule has 0 aliphatic heterocycles. The maximum absolute atomic E-state index is 12.4. The van der Waals surface area contributed by atoms with Crippen LogP contribution in [-0.4, -0.2) is 53.7 Å². The van der Waals surface area contributed by atoms with Crippen molar-refractivity contribution in [2.75, 3.05) is 37.4 Å². The van der Waals surface area contributed by atoms with Crippen LogP contribution >= 0.6 is 0 Å². The Bertz CT molecular complexity index is 1360. The van der Waals surface area contributed by atoms with Crippen LogP contribution in [0.15, 0.2) is 79.0 Å². The highest BCUT2D eigenvalue weighted by Gasteiger charge is 2.17. The summed E-state index contributed by atoms with van der Waals surface area (Å²) in [5.41, 5.74) is 4.91. The third kappa shape index (κ3) is 5.53. The van der Waals surface area contributed by atoms with Crippen LogP contribution in [0, 0.1) is 0 Å². The van der Waals surface area contributed by atoms with E-state index in [4.69, 9.17) is 0 Å². The molecule has 178 valence electrons. The number of hydrogen-bond acceptors (Lipinski definition) is 6. The molecule has 3 aromatic rings. The first-order valence-corrected chi connectivity index (χ1v) is 11.5. The summed E-state index contributed by atoms with van der Waals surface area (Å²) in [5, 5.41) is 4.09. The van der Waals surface area contributed by atoms with Crippen molar-refractivity contribution >= 4 is 45.5 Å². The Morgan fingerprint density at radius 1 is 1.17 bits per heavy atom. The second-order valence-corrected chi connectivity index (χ2v) is 8.73. The Balaban J connectivity index is 1.58. The largest absolute Gasteiger partial charge is 0.324 e. The number of rotatable bonds is 8. The van der Waals surface area contributed by atoms with E-state index in [1.54, 1.807) is 11.1 Å². The highest BCUT2D eigenvalue weighted by atomic mass is 16.2. The lowest BCUT2D eigenvalue weighted by molar-refractivity contribution is -0.114. The predicted octanol–water partition coefficient (Wildman–Crippen LogP) is 4.76. The lowest BCUT2D eigenvalue weighted by Gasteiger charge is -2.23. The van der Waals surface area contributed by atoms with Gasteiger partial charge in [-0.1, -0.05) is 30.9 Å². The van der Waals surface area contributed by atoms with E-state index in [9.17, 15) is 9.59 Å². The number of anilines is 3. The van der Waals surface area contributed by atoms with E-state index in [0.29, 0.717) is 18.9 Å². The summed E-state index contributed by atoms with van der Waals surface area (Å²) >= 11 is 0. The molecule has 0 saturated heterocycles. The fourth-order valence-corrected chi connectivity index (χ4v) is 4.04. The number of ketones is 1. The van der Waals surface area contributed by atoms with Gasteiger partial charge in [0, 0.05) is 48.0 Å². The first kappa shape index (κ1) is 24.0. The minimum Gasteiger partial charge on any atom is -0.324 e. The number of benzene rings is 2. The molecule has 7 heteroatoms. The molecule has 1 aromatic heterocycles. The molecule has 0 bridgehead atoms. The molecule has 1 aliphatic rings. The van der Waals surface area contributed by atoms with E-state index >= 15 is 0 Å². The van der Waals surface area contributed by atoms with E-state index in [1.807, 2.05) is 80.5 Å². The summed E-state index contributed by atoms with van der Waals surface area (Å²) in [6.07, 6.45) is 7.39. The minimum atomic E-state index is -0.154. The van der Waals surface area contributed by atoms with Crippen molar-refractivity contribution in [3.05, 3.63) is 84.6 Å². The van der Waals surface area contributed by atoms with E-state index in [0.717, 1.165) is 45.5 Å². The summed E-state index contributed by atoms with van der Waals surface area (Å²) in [5.74, 6) is 0.418. The molecule has 0 unspecified atom stereocenters. The lowest BCUT2D eigenvalue weighted by atomic mass is 9.91. The molecule has 0 fully saturated rings. The topological polar surface area (TPSA) is 78.4 Å². The van der Waals surface area contributed by atoms with Crippen LogP contribution in [0.25, 0.3) is 16.5 Å². The summed E-state index contributed by atoms with van der Waals surface area (Å²) < 4.78 is 0. The van der Waals surface area contributed by atoms with Gasteiger partial charge in [-0.25, -0.2) is 9.97 Å². The molecular weight excluding hydrogens is 438 g/mol. The van der Waals surface area contributed by atoms with Crippen LogP contribution in [0.2, 0.25) is 0 Å². The van der Waals surface area contributed by atoms with Gasteiger partial charge in [-0.3, -0.25) is 9.59 Å². The molecule has 1 heterocycles. The van der Waals surface area contributed by atoms with Crippen molar-refractivity contribution in [3.63, 3.8) is 0 Å².